The summed E-state index contributed by atoms with van der Waals surface area (Å²) in [5, 5.41) is 2.38. The average Bonchev–Trinajstić information content (AvgIpc) is 2.89. The predicted octanol–water partition coefficient (Wildman–Crippen LogP) is 4.63. The van der Waals surface area contributed by atoms with Crippen LogP contribution in [-0.4, -0.2) is 77.4 Å². The number of morpholine rings is 1. The number of hydrogen-bond acceptors (Lipinski definition) is 7. The zero-order valence-electron chi connectivity index (χ0n) is 22.1. The van der Waals surface area contributed by atoms with Crippen LogP contribution in [0, 0.1) is 5.92 Å². The second kappa shape index (κ2) is 13.1. The van der Waals surface area contributed by atoms with Crippen LogP contribution in [-0.2, 0) is 23.7 Å². The van der Waals surface area contributed by atoms with Crippen LogP contribution in [0.4, 0.5) is 23.2 Å². The minimum atomic E-state index is -4.81. The summed E-state index contributed by atoms with van der Waals surface area (Å²) in [5.74, 6) is -3.51. The van der Waals surface area contributed by atoms with Crippen molar-refractivity contribution in [3.63, 3.8) is 0 Å². The number of allylic oxidation sites excluding steroid dienone is 2. The van der Waals surface area contributed by atoms with Gasteiger partial charge in [0.25, 0.3) is 0 Å². The number of nitrogens with one attached hydrogen (secondary N) is 1. The molecule has 1 fully saturated rings. The maximum absolute atomic E-state index is 16.5. The Kier molecular flexibility index (Phi) is 10.3. The molecule has 1 aliphatic heterocycles. The second-order valence-electron chi connectivity index (χ2n) is 9.77. The monoisotopic (exact) mass is 544 g/mol. The molecule has 0 radical (unpaired) electrons. The largest absolute Gasteiger partial charge is 0.468 e. The molecule has 212 valence electrons. The summed E-state index contributed by atoms with van der Waals surface area (Å²) in [5.41, 5.74) is 1.11. The van der Waals surface area contributed by atoms with Crippen LogP contribution >= 0.6 is 0 Å². The minimum absolute atomic E-state index is 0.0843. The number of ether oxygens (including phenoxy) is 4. The first-order valence-corrected chi connectivity index (χ1v) is 12.5. The molecule has 1 aliphatic carbocycles. The molecule has 1 aromatic rings. The van der Waals surface area contributed by atoms with Crippen molar-refractivity contribution in [3.05, 3.63) is 47.6 Å². The zero-order valence-corrected chi connectivity index (χ0v) is 22.1. The highest BCUT2D eigenvalue weighted by molar-refractivity contribution is 5.77. The summed E-state index contributed by atoms with van der Waals surface area (Å²) in [6, 6.07) is 3.62. The number of alkyl halides is 4. The molecule has 11 heteroatoms. The van der Waals surface area contributed by atoms with Gasteiger partial charge in [-0.2, -0.15) is 13.2 Å². The quantitative estimate of drug-likeness (QED) is 0.248. The number of carbonyl (C=O) groups excluding carboxylic acids is 1. The normalized spacial score (nSPS) is 22.1. The Bertz CT molecular complexity index is 1010. The first-order valence-electron chi connectivity index (χ1n) is 12.5. The smallest absolute Gasteiger partial charge is 0.407 e. The highest BCUT2D eigenvalue weighted by Gasteiger charge is 2.49. The number of anilines is 1. The average molecular weight is 545 g/mol. The molecular weight excluding hydrogens is 508 g/mol. The molecule has 0 aromatic heterocycles. The molecule has 0 bridgehead atoms. The van der Waals surface area contributed by atoms with Gasteiger partial charge in [0, 0.05) is 37.9 Å². The molecule has 1 aromatic carbocycles. The highest BCUT2D eigenvalue weighted by atomic mass is 19.4. The molecule has 2 aliphatic rings. The summed E-state index contributed by atoms with van der Waals surface area (Å²) in [4.78, 5) is 14.3. The van der Waals surface area contributed by atoms with E-state index in [0.29, 0.717) is 31.9 Å². The van der Waals surface area contributed by atoms with E-state index < -0.39 is 43.3 Å². The van der Waals surface area contributed by atoms with Gasteiger partial charge in [0.2, 0.25) is 5.85 Å². The molecule has 1 heterocycles. The van der Waals surface area contributed by atoms with Gasteiger partial charge >= 0.3 is 12.1 Å². The molecule has 3 atom stereocenters. The van der Waals surface area contributed by atoms with Crippen molar-refractivity contribution in [2.24, 2.45) is 5.92 Å². The molecule has 1 N–H and O–H groups in total. The van der Waals surface area contributed by atoms with Gasteiger partial charge in [0.05, 0.1) is 20.3 Å². The summed E-state index contributed by atoms with van der Waals surface area (Å²) in [6.45, 7) is 5.58. The van der Waals surface area contributed by atoms with Gasteiger partial charge in [-0.1, -0.05) is 38.1 Å². The van der Waals surface area contributed by atoms with E-state index in [1.165, 1.54) is 19.3 Å². The fourth-order valence-corrected chi connectivity index (χ4v) is 4.67. The first-order chi connectivity index (χ1) is 18.0. The van der Waals surface area contributed by atoms with E-state index in [1.54, 1.807) is 32.0 Å². The number of nitrogens with zero attached hydrogens (tertiary/aromatic N) is 1. The minimum Gasteiger partial charge on any atom is -0.468 e. The Morgan fingerprint density at radius 1 is 1.18 bits per heavy atom. The molecule has 3 unspecified atom stereocenters. The number of methoxy groups -OCH3 is 2. The Balaban J connectivity index is 2.00. The van der Waals surface area contributed by atoms with E-state index in [9.17, 15) is 18.0 Å². The van der Waals surface area contributed by atoms with Crippen molar-refractivity contribution < 1.29 is 41.3 Å². The van der Waals surface area contributed by atoms with Gasteiger partial charge in [-0.3, -0.25) is 10.1 Å². The fraction of sp³-hybridized carbons (Fsp3) is 0.593. The number of carbonyl (C=O) groups is 1. The Hall–Kier alpha value is -2.47. The third-order valence-corrected chi connectivity index (χ3v) is 6.50. The lowest BCUT2D eigenvalue weighted by molar-refractivity contribution is -0.172. The van der Waals surface area contributed by atoms with Gasteiger partial charge < -0.3 is 23.8 Å². The standard InChI is InChI=1S/C27H36F4N2O5/c1-18(2)14-23(25(34)36-4)32-24(27(29,30)31)20-8-9-22(26(28,16-20)38-17-35-3)19-6-5-7-21(15-19)33-10-12-37-13-11-33/h5-9,15,18,23-24,32H,10-14,16-17H2,1-4H3. The van der Waals surface area contributed by atoms with E-state index in [2.05, 4.69) is 10.2 Å². The molecule has 0 amide bonds. The van der Waals surface area contributed by atoms with Crippen LogP contribution in [0.5, 0.6) is 0 Å². The van der Waals surface area contributed by atoms with Crippen molar-refractivity contribution in [3.8, 4) is 0 Å². The van der Waals surface area contributed by atoms with Crippen LogP contribution < -0.4 is 10.2 Å². The van der Waals surface area contributed by atoms with Gasteiger partial charge in [0.1, 0.15) is 18.9 Å². The topological polar surface area (TPSA) is 69.3 Å². The summed E-state index contributed by atoms with van der Waals surface area (Å²) < 4.78 is 79.7. The Morgan fingerprint density at radius 2 is 1.89 bits per heavy atom. The lowest BCUT2D eigenvalue weighted by Gasteiger charge is -2.36. The van der Waals surface area contributed by atoms with Crippen molar-refractivity contribution in [2.75, 3.05) is 52.2 Å². The molecule has 0 spiro atoms. The molecule has 7 nitrogen and oxygen atoms in total. The van der Waals surface area contributed by atoms with E-state index in [0.717, 1.165) is 12.8 Å². The van der Waals surface area contributed by atoms with E-state index in [4.69, 9.17) is 18.9 Å². The molecule has 38 heavy (non-hydrogen) atoms. The van der Waals surface area contributed by atoms with Gasteiger partial charge in [0.15, 0.2) is 0 Å². The number of hydrogen-bond donors (Lipinski definition) is 1. The van der Waals surface area contributed by atoms with Crippen molar-refractivity contribution in [2.45, 2.75) is 50.8 Å². The number of rotatable bonds is 11. The summed E-state index contributed by atoms with van der Waals surface area (Å²) in [6.07, 6.45) is -2.85. The third kappa shape index (κ3) is 7.56. The SMILES string of the molecule is COCOC1(F)CC(C(NC(CC(C)C)C(=O)OC)C(F)(F)F)=CC=C1c1cccc(N2CCOCC2)c1. The number of benzene rings is 1. The van der Waals surface area contributed by atoms with Crippen molar-refractivity contribution >= 4 is 17.2 Å². The first kappa shape index (κ1) is 30.1. The Morgan fingerprint density at radius 3 is 2.50 bits per heavy atom. The van der Waals surface area contributed by atoms with Crippen LogP contribution in [0.2, 0.25) is 0 Å². The van der Waals surface area contributed by atoms with Crippen molar-refractivity contribution in [1.82, 2.24) is 5.32 Å². The third-order valence-electron chi connectivity index (χ3n) is 6.50. The van der Waals surface area contributed by atoms with Gasteiger partial charge in [-0.25, -0.2) is 4.39 Å². The van der Waals surface area contributed by atoms with Crippen LogP contribution in [0.1, 0.15) is 32.3 Å². The van der Waals surface area contributed by atoms with E-state index in [1.807, 2.05) is 6.07 Å². The molecule has 3 rings (SSSR count). The molecule has 1 saturated heterocycles. The Labute approximate surface area is 220 Å². The maximum Gasteiger partial charge on any atom is 0.407 e. The predicted molar refractivity (Wildman–Crippen MR) is 135 cm³/mol. The fourth-order valence-electron chi connectivity index (χ4n) is 4.67. The molecular formula is C27H36F4N2O5. The van der Waals surface area contributed by atoms with Crippen molar-refractivity contribution in [1.29, 1.82) is 0 Å². The van der Waals surface area contributed by atoms with Crippen LogP contribution in [0.15, 0.2) is 42.0 Å². The van der Waals surface area contributed by atoms with E-state index >= 15 is 4.39 Å². The molecule has 0 saturated carbocycles. The number of esters is 1. The maximum atomic E-state index is 16.5. The van der Waals surface area contributed by atoms with Crippen LogP contribution in [0.3, 0.4) is 0 Å². The van der Waals surface area contributed by atoms with Gasteiger partial charge in [-0.05, 0) is 35.6 Å². The lowest BCUT2D eigenvalue weighted by atomic mass is 9.85. The lowest BCUT2D eigenvalue weighted by Crippen LogP contribution is -2.53. The highest BCUT2D eigenvalue weighted by Crippen LogP contribution is 2.44. The zero-order chi connectivity index (χ0) is 27.9. The number of halogens is 4. The second-order valence-corrected chi connectivity index (χ2v) is 9.77. The van der Waals surface area contributed by atoms with Gasteiger partial charge in [-0.15, -0.1) is 0 Å². The van der Waals surface area contributed by atoms with Crippen LogP contribution in [0.25, 0.3) is 5.57 Å². The summed E-state index contributed by atoms with van der Waals surface area (Å²) >= 11 is 0. The van der Waals surface area contributed by atoms with E-state index in [-0.39, 0.29) is 23.5 Å². The summed E-state index contributed by atoms with van der Waals surface area (Å²) in [7, 11) is 2.42.